The molecule has 7 heteroatoms. The smallest absolute Gasteiger partial charge is 0.271 e. The lowest BCUT2D eigenvalue weighted by Crippen LogP contribution is -2.42. The Morgan fingerprint density at radius 1 is 0.900 bits per heavy atom. The number of methoxy groups -OCH3 is 1. The number of hydrogen-bond acceptors (Lipinski definition) is 4. The number of aliphatic imine (C=N–C) groups is 2. The molecule has 0 saturated carbocycles. The normalized spacial score (nSPS) is 14.9. The molecule has 3 aromatic carbocycles. The van der Waals surface area contributed by atoms with Gasteiger partial charge in [-0.05, 0) is 35.4 Å². The molecule has 0 spiro atoms. The molecule has 0 atom stereocenters. The number of rotatable bonds is 4. The van der Waals surface area contributed by atoms with Crippen LogP contribution in [0.15, 0.2) is 94.9 Å². The van der Waals surface area contributed by atoms with Crippen LogP contribution in [0.25, 0.3) is 0 Å². The quantitative estimate of drug-likeness (QED) is 0.519. The van der Waals surface area contributed by atoms with Crippen LogP contribution in [0.5, 0.6) is 5.75 Å². The number of carbonyl (C=O) groups is 1. The van der Waals surface area contributed by atoms with E-state index in [-0.39, 0.29) is 17.8 Å². The highest BCUT2D eigenvalue weighted by Crippen LogP contribution is 2.42. The van der Waals surface area contributed by atoms with E-state index in [0.29, 0.717) is 11.4 Å². The van der Waals surface area contributed by atoms with Crippen molar-refractivity contribution in [2.24, 2.45) is 21.5 Å². The summed E-state index contributed by atoms with van der Waals surface area (Å²) in [5.41, 5.74) is 12.0. The number of guanidine groups is 2. The van der Waals surface area contributed by atoms with Gasteiger partial charge in [0.1, 0.15) is 5.75 Å². The van der Waals surface area contributed by atoms with Crippen molar-refractivity contribution in [3.05, 3.63) is 96.1 Å². The van der Waals surface area contributed by atoms with Crippen LogP contribution in [-0.4, -0.2) is 24.9 Å². The van der Waals surface area contributed by atoms with E-state index in [9.17, 15) is 4.79 Å². The Bertz CT molecular complexity index is 1070. The summed E-state index contributed by atoms with van der Waals surface area (Å²) in [6.07, 6.45) is 0. The first-order valence-corrected chi connectivity index (χ1v) is 9.35. The zero-order valence-electron chi connectivity index (χ0n) is 16.4. The number of anilines is 1. The van der Waals surface area contributed by atoms with E-state index < -0.39 is 5.54 Å². The Morgan fingerprint density at radius 3 is 1.90 bits per heavy atom. The SMILES string of the molecule is COc1ccc(N2C(=O)C(c3ccccc3)(c3ccccc3)N=C2N=C(N)N)cc1. The lowest BCUT2D eigenvalue weighted by atomic mass is 9.83. The predicted molar refractivity (Wildman–Crippen MR) is 117 cm³/mol. The number of nitrogens with two attached hydrogens (primary N) is 2. The summed E-state index contributed by atoms with van der Waals surface area (Å²) < 4.78 is 5.23. The fourth-order valence-corrected chi connectivity index (χ4v) is 3.56. The summed E-state index contributed by atoms with van der Waals surface area (Å²) in [6.45, 7) is 0. The number of ether oxygens (including phenoxy) is 1. The zero-order valence-corrected chi connectivity index (χ0v) is 16.4. The van der Waals surface area contributed by atoms with Crippen molar-refractivity contribution < 1.29 is 9.53 Å². The summed E-state index contributed by atoms with van der Waals surface area (Å²) >= 11 is 0. The van der Waals surface area contributed by atoms with Crippen LogP contribution in [0, 0.1) is 0 Å². The topological polar surface area (TPSA) is 106 Å². The molecule has 1 amide bonds. The number of benzene rings is 3. The van der Waals surface area contributed by atoms with Gasteiger partial charge in [0.15, 0.2) is 11.5 Å². The van der Waals surface area contributed by atoms with Gasteiger partial charge < -0.3 is 16.2 Å². The van der Waals surface area contributed by atoms with E-state index >= 15 is 0 Å². The fraction of sp³-hybridized carbons (Fsp3) is 0.0870. The minimum Gasteiger partial charge on any atom is -0.497 e. The number of hydrogen-bond donors (Lipinski definition) is 2. The molecule has 0 aliphatic carbocycles. The Hall–Kier alpha value is -4.13. The lowest BCUT2D eigenvalue weighted by molar-refractivity contribution is -0.120. The van der Waals surface area contributed by atoms with Crippen LogP contribution >= 0.6 is 0 Å². The molecular weight excluding hydrogens is 378 g/mol. The van der Waals surface area contributed by atoms with Gasteiger partial charge >= 0.3 is 0 Å². The van der Waals surface area contributed by atoms with Crippen molar-refractivity contribution in [2.75, 3.05) is 12.0 Å². The molecule has 0 bridgehead atoms. The summed E-state index contributed by atoms with van der Waals surface area (Å²) in [6, 6.07) is 25.8. The van der Waals surface area contributed by atoms with Gasteiger partial charge in [-0.15, -0.1) is 0 Å². The van der Waals surface area contributed by atoms with E-state index in [1.54, 1.807) is 31.4 Å². The molecule has 7 nitrogen and oxygen atoms in total. The average molecular weight is 399 g/mol. The fourth-order valence-electron chi connectivity index (χ4n) is 3.56. The average Bonchev–Trinajstić information content (AvgIpc) is 3.07. The van der Waals surface area contributed by atoms with Crippen molar-refractivity contribution >= 4 is 23.5 Å². The molecule has 4 rings (SSSR count). The molecule has 1 aliphatic heterocycles. The monoisotopic (exact) mass is 399 g/mol. The lowest BCUT2D eigenvalue weighted by Gasteiger charge is -2.27. The minimum absolute atomic E-state index is 0.123. The van der Waals surface area contributed by atoms with Crippen LogP contribution in [0.1, 0.15) is 11.1 Å². The highest BCUT2D eigenvalue weighted by molar-refractivity contribution is 6.26. The van der Waals surface area contributed by atoms with Crippen molar-refractivity contribution in [3.63, 3.8) is 0 Å². The van der Waals surface area contributed by atoms with Crippen LogP contribution in [0.4, 0.5) is 5.69 Å². The Kier molecular flexibility index (Phi) is 4.93. The van der Waals surface area contributed by atoms with E-state index in [4.69, 9.17) is 21.2 Å². The second-order valence-electron chi connectivity index (χ2n) is 6.73. The molecule has 0 saturated heterocycles. The van der Waals surface area contributed by atoms with Crippen molar-refractivity contribution in [1.82, 2.24) is 0 Å². The standard InChI is InChI=1S/C23H21N5O2/c1-30-19-14-12-18(13-15-19)28-20(29)23(16-8-4-2-5-9-16,17-10-6-3-7-11-17)27-22(28)26-21(24)25/h2-15H,1H3,(H4,24,25,26,27). The highest BCUT2D eigenvalue weighted by Gasteiger charge is 2.51. The zero-order chi connectivity index (χ0) is 21.1. The molecule has 1 heterocycles. The van der Waals surface area contributed by atoms with Crippen molar-refractivity contribution in [3.8, 4) is 5.75 Å². The van der Waals surface area contributed by atoms with Crippen LogP contribution < -0.4 is 21.1 Å². The second kappa shape index (κ2) is 7.71. The largest absolute Gasteiger partial charge is 0.497 e. The second-order valence-corrected chi connectivity index (χ2v) is 6.73. The van der Waals surface area contributed by atoms with E-state index in [2.05, 4.69) is 4.99 Å². The summed E-state index contributed by atoms with van der Waals surface area (Å²) in [7, 11) is 1.58. The predicted octanol–water partition coefficient (Wildman–Crippen LogP) is 2.62. The summed E-state index contributed by atoms with van der Waals surface area (Å²) in [4.78, 5) is 24.4. The van der Waals surface area contributed by atoms with Gasteiger partial charge in [0.05, 0.1) is 12.8 Å². The van der Waals surface area contributed by atoms with Gasteiger partial charge in [0.25, 0.3) is 5.91 Å². The maximum absolute atomic E-state index is 14.0. The summed E-state index contributed by atoms with van der Waals surface area (Å²) in [5.74, 6) is 0.336. The third kappa shape index (κ3) is 3.16. The van der Waals surface area contributed by atoms with Crippen molar-refractivity contribution in [1.29, 1.82) is 0 Å². The Morgan fingerprint density at radius 2 is 1.43 bits per heavy atom. The Balaban J connectivity index is 1.96. The van der Waals surface area contributed by atoms with Crippen LogP contribution in [0.2, 0.25) is 0 Å². The first-order valence-electron chi connectivity index (χ1n) is 9.35. The maximum atomic E-state index is 14.0. The van der Waals surface area contributed by atoms with Gasteiger partial charge in [-0.3, -0.25) is 4.79 Å². The third-order valence-corrected chi connectivity index (χ3v) is 4.92. The van der Waals surface area contributed by atoms with Gasteiger partial charge in [0.2, 0.25) is 5.96 Å². The summed E-state index contributed by atoms with van der Waals surface area (Å²) in [5, 5.41) is 0. The first-order chi connectivity index (χ1) is 14.6. The molecule has 150 valence electrons. The van der Waals surface area contributed by atoms with Gasteiger partial charge in [-0.25, -0.2) is 9.89 Å². The number of carbonyl (C=O) groups excluding carboxylic acids is 1. The van der Waals surface area contributed by atoms with E-state index in [0.717, 1.165) is 11.1 Å². The van der Waals surface area contributed by atoms with Gasteiger partial charge in [0, 0.05) is 0 Å². The third-order valence-electron chi connectivity index (χ3n) is 4.92. The van der Waals surface area contributed by atoms with E-state index in [1.165, 1.54) is 4.90 Å². The highest BCUT2D eigenvalue weighted by atomic mass is 16.5. The number of amides is 1. The molecule has 30 heavy (non-hydrogen) atoms. The van der Waals surface area contributed by atoms with E-state index in [1.807, 2.05) is 60.7 Å². The van der Waals surface area contributed by atoms with Gasteiger partial charge in [-0.2, -0.15) is 4.99 Å². The Labute approximate surface area is 174 Å². The minimum atomic E-state index is -1.31. The molecule has 4 N–H and O–H groups in total. The molecular formula is C23H21N5O2. The first kappa shape index (κ1) is 19.2. The molecule has 3 aromatic rings. The number of nitrogens with zero attached hydrogens (tertiary/aromatic N) is 3. The molecule has 0 unspecified atom stereocenters. The molecule has 1 aliphatic rings. The van der Waals surface area contributed by atoms with Crippen molar-refractivity contribution in [2.45, 2.75) is 5.54 Å². The maximum Gasteiger partial charge on any atom is 0.271 e. The van der Waals surface area contributed by atoms with Crippen LogP contribution in [0.3, 0.4) is 0 Å². The van der Waals surface area contributed by atoms with Crippen LogP contribution in [-0.2, 0) is 10.3 Å². The van der Waals surface area contributed by atoms with Gasteiger partial charge in [-0.1, -0.05) is 60.7 Å². The molecule has 0 fully saturated rings. The molecule has 0 aromatic heterocycles. The molecule has 0 radical (unpaired) electrons.